The zero-order valence-corrected chi connectivity index (χ0v) is 11.4. The van der Waals surface area contributed by atoms with Crippen LogP contribution in [0, 0.1) is 6.92 Å². The first-order valence-electron chi connectivity index (χ1n) is 5.85. The van der Waals surface area contributed by atoms with Crippen LogP contribution < -0.4 is 10.1 Å². The van der Waals surface area contributed by atoms with Crippen LogP contribution in [0.5, 0.6) is 5.75 Å². The number of benzene rings is 1. The average Bonchev–Trinajstić information content (AvgIpc) is 2.18. The van der Waals surface area contributed by atoms with Crippen molar-refractivity contribution in [2.24, 2.45) is 0 Å². The Morgan fingerprint density at radius 2 is 2.19 bits per heavy atom. The van der Waals surface area contributed by atoms with Gasteiger partial charge in [-0.05, 0) is 50.1 Å². The van der Waals surface area contributed by atoms with Crippen LogP contribution in [-0.4, -0.2) is 18.7 Å². The van der Waals surface area contributed by atoms with E-state index < -0.39 is 0 Å². The highest BCUT2D eigenvalue weighted by Gasteiger charge is 2.30. The number of nitrogens with one attached hydrogen (secondary N) is 1. The molecule has 0 unspecified atom stereocenters. The second-order valence-electron chi connectivity index (χ2n) is 4.38. The molecule has 1 aromatic rings. The smallest absolute Gasteiger partial charge is 0.122 e. The number of hydrogen-bond donors (Lipinski definition) is 1. The Balaban J connectivity index is 1.87. The fourth-order valence-corrected chi connectivity index (χ4v) is 2.52. The lowest BCUT2D eigenvalue weighted by atomic mass is 9.89. The quantitative estimate of drug-likeness (QED) is 0.916. The zero-order chi connectivity index (χ0) is 11.5. The Kier molecular flexibility index (Phi) is 3.87. The van der Waals surface area contributed by atoms with Gasteiger partial charge in [-0.25, -0.2) is 0 Å². The molecule has 2 nitrogen and oxygen atoms in total. The van der Waals surface area contributed by atoms with Gasteiger partial charge in [0.2, 0.25) is 0 Å². The predicted molar refractivity (Wildman–Crippen MR) is 70.0 cm³/mol. The van der Waals surface area contributed by atoms with Crippen molar-refractivity contribution in [3.05, 3.63) is 28.2 Å². The monoisotopic (exact) mass is 283 g/mol. The van der Waals surface area contributed by atoms with Crippen LogP contribution in [0.15, 0.2) is 22.7 Å². The van der Waals surface area contributed by atoms with E-state index in [2.05, 4.69) is 41.2 Å². The summed E-state index contributed by atoms with van der Waals surface area (Å²) in [6, 6.07) is 6.82. The van der Waals surface area contributed by atoms with Crippen molar-refractivity contribution in [3.8, 4) is 5.75 Å². The lowest BCUT2D eigenvalue weighted by Crippen LogP contribution is -2.46. The molecule has 1 fully saturated rings. The van der Waals surface area contributed by atoms with E-state index in [0.717, 1.165) is 29.6 Å². The van der Waals surface area contributed by atoms with Gasteiger partial charge in [0.15, 0.2) is 0 Å². The molecule has 1 aliphatic carbocycles. The second-order valence-corrected chi connectivity index (χ2v) is 5.29. The molecule has 16 heavy (non-hydrogen) atoms. The Morgan fingerprint density at radius 1 is 1.44 bits per heavy atom. The van der Waals surface area contributed by atoms with Gasteiger partial charge < -0.3 is 10.1 Å². The largest absolute Gasteiger partial charge is 0.490 e. The standard InChI is InChI=1S/C13H18BrNO/c1-3-15-11-7-12(8-11)16-13-5-4-10(14)6-9(13)2/h4-6,11-12,15H,3,7-8H2,1-2H3. The Bertz CT molecular complexity index is 361. The lowest BCUT2D eigenvalue weighted by molar-refractivity contribution is 0.0852. The Hall–Kier alpha value is -0.540. The summed E-state index contributed by atoms with van der Waals surface area (Å²) < 4.78 is 7.06. The van der Waals surface area contributed by atoms with Crippen LogP contribution in [-0.2, 0) is 0 Å². The summed E-state index contributed by atoms with van der Waals surface area (Å²) in [6.45, 7) is 5.28. The van der Waals surface area contributed by atoms with Gasteiger partial charge in [-0.15, -0.1) is 0 Å². The molecule has 0 radical (unpaired) electrons. The fraction of sp³-hybridized carbons (Fsp3) is 0.538. The minimum Gasteiger partial charge on any atom is -0.490 e. The number of ether oxygens (including phenoxy) is 1. The minimum absolute atomic E-state index is 0.393. The van der Waals surface area contributed by atoms with E-state index in [1.807, 2.05) is 12.1 Å². The van der Waals surface area contributed by atoms with Crippen molar-refractivity contribution in [1.29, 1.82) is 0 Å². The van der Waals surface area contributed by atoms with Gasteiger partial charge in [0.05, 0.1) is 0 Å². The van der Waals surface area contributed by atoms with E-state index in [0.29, 0.717) is 12.1 Å². The van der Waals surface area contributed by atoms with Gasteiger partial charge in [-0.1, -0.05) is 22.9 Å². The third-order valence-electron chi connectivity index (χ3n) is 3.02. The maximum Gasteiger partial charge on any atom is 0.122 e. The molecular weight excluding hydrogens is 266 g/mol. The van der Waals surface area contributed by atoms with Crippen LogP contribution in [0.3, 0.4) is 0 Å². The summed E-state index contributed by atoms with van der Waals surface area (Å²) in [7, 11) is 0. The summed E-state index contributed by atoms with van der Waals surface area (Å²) in [6.07, 6.45) is 2.65. The normalized spacial score (nSPS) is 23.9. The highest BCUT2D eigenvalue weighted by atomic mass is 79.9. The molecule has 0 amide bonds. The molecule has 1 aromatic carbocycles. The first-order valence-corrected chi connectivity index (χ1v) is 6.64. The molecule has 3 heteroatoms. The molecule has 88 valence electrons. The molecular formula is C13H18BrNO. The summed E-state index contributed by atoms with van der Waals surface area (Å²) >= 11 is 3.46. The SMILES string of the molecule is CCNC1CC(Oc2ccc(Br)cc2C)C1. The summed E-state index contributed by atoms with van der Waals surface area (Å²) in [5, 5.41) is 3.43. The number of aryl methyl sites for hydroxylation is 1. The zero-order valence-electron chi connectivity index (χ0n) is 9.79. The van der Waals surface area contributed by atoms with Gasteiger partial charge in [-0.3, -0.25) is 0 Å². The minimum atomic E-state index is 0.393. The molecule has 0 heterocycles. The van der Waals surface area contributed by atoms with E-state index >= 15 is 0 Å². The van der Waals surface area contributed by atoms with Gasteiger partial charge >= 0.3 is 0 Å². The summed E-state index contributed by atoms with van der Waals surface area (Å²) in [4.78, 5) is 0. The van der Waals surface area contributed by atoms with Crippen molar-refractivity contribution >= 4 is 15.9 Å². The Labute approximate surface area is 106 Å². The molecule has 0 atom stereocenters. The molecule has 0 aliphatic heterocycles. The Morgan fingerprint density at radius 3 is 2.81 bits per heavy atom. The van der Waals surface area contributed by atoms with Crippen molar-refractivity contribution in [3.63, 3.8) is 0 Å². The highest BCUT2D eigenvalue weighted by molar-refractivity contribution is 9.10. The van der Waals surface area contributed by atoms with Crippen LogP contribution in [0.2, 0.25) is 0 Å². The molecule has 2 rings (SSSR count). The van der Waals surface area contributed by atoms with Crippen LogP contribution in [0.1, 0.15) is 25.3 Å². The first-order chi connectivity index (χ1) is 7.69. The fourth-order valence-electron chi connectivity index (χ4n) is 2.04. The first kappa shape index (κ1) is 11.9. The van der Waals surface area contributed by atoms with E-state index in [1.54, 1.807) is 0 Å². The molecule has 0 aromatic heterocycles. The van der Waals surface area contributed by atoms with Gasteiger partial charge in [0, 0.05) is 10.5 Å². The number of halogens is 1. The van der Waals surface area contributed by atoms with E-state index in [9.17, 15) is 0 Å². The van der Waals surface area contributed by atoms with Crippen molar-refractivity contribution in [2.75, 3.05) is 6.54 Å². The van der Waals surface area contributed by atoms with Crippen LogP contribution in [0.25, 0.3) is 0 Å². The van der Waals surface area contributed by atoms with Crippen LogP contribution in [0.4, 0.5) is 0 Å². The third kappa shape index (κ3) is 2.77. The van der Waals surface area contributed by atoms with Crippen molar-refractivity contribution < 1.29 is 4.74 Å². The number of hydrogen-bond acceptors (Lipinski definition) is 2. The maximum atomic E-state index is 5.95. The van der Waals surface area contributed by atoms with Crippen LogP contribution >= 0.6 is 15.9 Å². The lowest BCUT2D eigenvalue weighted by Gasteiger charge is -2.36. The molecule has 1 saturated carbocycles. The summed E-state index contributed by atoms with van der Waals surface area (Å²) in [5.41, 5.74) is 1.20. The van der Waals surface area contributed by atoms with E-state index in [-0.39, 0.29) is 0 Å². The third-order valence-corrected chi connectivity index (χ3v) is 3.51. The predicted octanol–water partition coefficient (Wildman–Crippen LogP) is 3.28. The topological polar surface area (TPSA) is 21.3 Å². The van der Waals surface area contributed by atoms with Gasteiger partial charge in [0.1, 0.15) is 11.9 Å². The molecule has 1 aliphatic rings. The van der Waals surface area contributed by atoms with Crippen molar-refractivity contribution in [1.82, 2.24) is 5.32 Å². The molecule has 0 bridgehead atoms. The second kappa shape index (κ2) is 5.19. The summed E-state index contributed by atoms with van der Waals surface area (Å²) in [5.74, 6) is 1.02. The molecule has 1 N–H and O–H groups in total. The van der Waals surface area contributed by atoms with E-state index in [1.165, 1.54) is 5.56 Å². The average molecular weight is 284 g/mol. The molecule has 0 spiro atoms. The van der Waals surface area contributed by atoms with Gasteiger partial charge in [0.25, 0.3) is 0 Å². The maximum absolute atomic E-state index is 5.95. The highest BCUT2D eigenvalue weighted by Crippen LogP contribution is 2.29. The number of rotatable bonds is 4. The van der Waals surface area contributed by atoms with Crippen molar-refractivity contribution in [2.45, 2.75) is 38.8 Å². The van der Waals surface area contributed by atoms with Gasteiger partial charge in [-0.2, -0.15) is 0 Å². The van der Waals surface area contributed by atoms with E-state index in [4.69, 9.17) is 4.74 Å². The molecule has 0 saturated heterocycles.